The number of nitrogens with zero attached hydrogens (tertiary/aromatic N) is 3. The van der Waals surface area contributed by atoms with E-state index in [-0.39, 0.29) is 24.1 Å². The molecule has 0 radical (unpaired) electrons. The van der Waals surface area contributed by atoms with Crippen LogP contribution in [0.15, 0.2) is 41.9 Å². The summed E-state index contributed by atoms with van der Waals surface area (Å²) in [5.74, 6) is -0.724. The van der Waals surface area contributed by atoms with Crippen molar-refractivity contribution in [3.8, 4) is 10.6 Å². The summed E-state index contributed by atoms with van der Waals surface area (Å²) in [5, 5.41) is 8.01. The number of amides is 3. The molecule has 3 amide bonds. The zero-order valence-corrected chi connectivity index (χ0v) is 18.5. The van der Waals surface area contributed by atoms with Gasteiger partial charge in [0.15, 0.2) is 5.13 Å². The Kier molecular flexibility index (Phi) is 6.38. The van der Waals surface area contributed by atoms with Crippen molar-refractivity contribution < 1.29 is 14.4 Å². The van der Waals surface area contributed by atoms with Gasteiger partial charge in [-0.3, -0.25) is 19.4 Å². The molecule has 0 spiro atoms. The SMILES string of the molecule is CC(=O)NCc1ccc(-c2csc(NC(=O)C3CC(=O)N(Cc4ccccn4)C3)n2)s1. The van der Waals surface area contributed by atoms with E-state index in [9.17, 15) is 14.4 Å². The van der Waals surface area contributed by atoms with Gasteiger partial charge in [-0.25, -0.2) is 4.98 Å². The Morgan fingerprint density at radius 1 is 1.26 bits per heavy atom. The van der Waals surface area contributed by atoms with Gasteiger partial charge in [-0.15, -0.1) is 22.7 Å². The van der Waals surface area contributed by atoms with E-state index >= 15 is 0 Å². The van der Waals surface area contributed by atoms with Gasteiger partial charge in [-0.1, -0.05) is 6.07 Å². The van der Waals surface area contributed by atoms with E-state index in [0.29, 0.717) is 24.8 Å². The maximum atomic E-state index is 12.7. The molecule has 0 aromatic carbocycles. The second kappa shape index (κ2) is 9.36. The fraction of sp³-hybridized carbons (Fsp3) is 0.286. The maximum absolute atomic E-state index is 12.7. The Morgan fingerprint density at radius 3 is 2.90 bits per heavy atom. The lowest BCUT2D eigenvalue weighted by Crippen LogP contribution is -2.28. The minimum Gasteiger partial charge on any atom is -0.351 e. The third-order valence-corrected chi connectivity index (χ3v) is 6.69. The summed E-state index contributed by atoms with van der Waals surface area (Å²) in [4.78, 5) is 48.5. The van der Waals surface area contributed by atoms with Crippen LogP contribution in [-0.2, 0) is 27.5 Å². The van der Waals surface area contributed by atoms with Crippen molar-refractivity contribution in [1.82, 2.24) is 20.2 Å². The average molecular weight is 456 g/mol. The van der Waals surface area contributed by atoms with Crippen LogP contribution in [0, 0.1) is 5.92 Å². The number of hydrogen-bond donors (Lipinski definition) is 2. The van der Waals surface area contributed by atoms with Crippen molar-refractivity contribution in [1.29, 1.82) is 0 Å². The Morgan fingerprint density at radius 2 is 2.13 bits per heavy atom. The molecule has 2 N–H and O–H groups in total. The molecule has 8 nitrogen and oxygen atoms in total. The summed E-state index contributed by atoms with van der Waals surface area (Å²) in [6.07, 6.45) is 1.88. The number of nitrogens with one attached hydrogen (secondary N) is 2. The molecule has 4 heterocycles. The average Bonchev–Trinajstić information content (AvgIpc) is 3.48. The standard InChI is InChI=1S/C21H21N5O3S2/c1-13(27)23-9-16-5-6-18(31-16)17-12-30-21(24-17)25-20(29)14-8-19(28)26(10-14)11-15-4-2-3-7-22-15/h2-7,12,14H,8-11H2,1H3,(H,23,27)(H,24,25,29). The lowest BCUT2D eigenvalue weighted by Gasteiger charge is -2.15. The van der Waals surface area contributed by atoms with E-state index < -0.39 is 5.92 Å². The van der Waals surface area contributed by atoms with Gasteiger partial charge < -0.3 is 15.5 Å². The van der Waals surface area contributed by atoms with E-state index in [1.54, 1.807) is 22.4 Å². The quantitative estimate of drug-likeness (QED) is 0.570. The second-order valence-corrected chi connectivity index (χ2v) is 9.23. The molecule has 1 aliphatic heterocycles. The van der Waals surface area contributed by atoms with Gasteiger partial charge in [0.1, 0.15) is 0 Å². The van der Waals surface area contributed by atoms with Gasteiger partial charge in [0.25, 0.3) is 0 Å². The third kappa shape index (κ3) is 5.33. The largest absolute Gasteiger partial charge is 0.351 e. The van der Waals surface area contributed by atoms with E-state index in [4.69, 9.17) is 0 Å². The minimum absolute atomic E-state index is 0.0454. The number of rotatable bonds is 7. The molecule has 1 saturated heterocycles. The van der Waals surface area contributed by atoms with E-state index in [1.165, 1.54) is 18.3 Å². The number of thiophene rings is 1. The monoisotopic (exact) mass is 455 g/mol. The van der Waals surface area contributed by atoms with Crippen LogP contribution in [0.25, 0.3) is 10.6 Å². The number of anilines is 1. The summed E-state index contributed by atoms with van der Waals surface area (Å²) >= 11 is 2.90. The zero-order valence-electron chi connectivity index (χ0n) is 16.8. The summed E-state index contributed by atoms with van der Waals surface area (Å²) in [6.45, 7) is 2.75. The highest BCUT2D eigenvalue weighted by Crippen LogP contribution is 2.31. The molecule has 1 unspecified atom stereocenters. The molecule has 160 valence electrons. The fourth-order valence-electron chi connectivity index (χ4n) is 3.26. The summed E-state index contributed by atoms with van der Waals surface area (Å²) in [5.41, 5.74) is 1.58. The predicted octanol–water partition coefficient (Wildman–Crippen LogP) is 2.89. The summed E-state index contributed by atoms with van der Waals surface area (Å²) in [7, 11) is 0. The Bertz CT molecular complexity index is 1100. The molecule has 1 fully saturated rings. The van der Waals surface area contributed by atoms with Gasteiger partial charge in [0.05, 0.1) is 35.3 Å². The van der Waals surface area contributed by atoms with Crippen molar-refractivity contribution in [2.24, 2.45) is 5.92 Å². The molecule has 3 aromatic heterocycles. The lowest BCUT2D eigenvalue weighted by molar-refractivity contribution is -0.128. The second-order valence-electron chi connectivity index (χ2n) is 7.20. The molecule has 0 aliphatic carbocycles. The molecule has 10 heteroatoms. The Hall–Kier alpha value is -3.11. The lowest BCUT2D eigenvalue weighted by atomic mass is 10.1. The highest BCUT2D eigenvalue weighted by atomic mass is 32.1. The van der Waals surface area contributed by atoms with Crippen LogP contribution in [0.5, 0.6) is 0 Å². The smallest absolute Gasteiger partial charge is 0.231 e. The minimum atomic E-state index is -0.408. The van der Waals surface area contributed by atoms with Crippen LogP contribution < -0.4 is 10.6 Å². The normalized spacial score (nSPS) is 15.8. The number of thiazole rings is 1. The summed E-state index contributed by atoms with van der Waals surface area (Å²) in [6, 6.07) is 9.47. The Labute approximate surface area is 187 Å². The topological polar surface area (TPSA) is 104 Å². The van der Waals surface area contributed by atoms with Gasteiger partial charge in [0, 0.05) is 36.3 Å². The molecule has 1 aliphatic rings. The van der Waals surface area contributed by atoms with Crippen LogP contribution in [0.3, 0.4) is 0 Å². The number of hydrogen-bond acceptors (Lipinski definition) is 7. The van der Waals surface area contributed by atoms with Crippen LogP contribution in [0.4, 0.5) is 5.13 Å². The highest BCUT2D eigenvalue weighted by molar-refractivity contribution is 7.17. The summed E-state index contributed by atoms with van der Waals surface area (Å²) < 4.78 is 0. The van der Waals surface area contributed by atoms with Crippen molar-refractivity contribution in [3.05, 3.63) is 52.5 Å². The highest BCUT2D eigenvalue weighted by Gasteiger charge is 2.34. The Balaban J connectivity index is 1.34. The van der Waals surface area contributed by atoms with Crippen LogP contribution >= 0.6 is 22.7 Å². The van der Waals surface area contributed by atoms with Crippen molar-refractivity contribution in [2.45, 2.75) is 26.4 Å². The van der Waals surface area contributed by atoms with Crippen molar-refractivity contribution in [3.63, 3.8) is 0 Å². The number of aromatic nitrogens is 2. The van der Waals surface area contributed by atoms with Crippen LogP contribution in [-0.4, -0.2) is 39.1 Å². The first-order valence-electron chi connectivity index (χ1n) is 9.75. The number of carbonyl (C=O) groups excluding carboxylic acids is 3. The molecule has 4 rings (SSSR count). The zero-order chi connectivity index (χ0) is 21.8. The van der Waals surface area contributed by atoms with Crippen LogP contribution in [0.1, 0.15) is 23.9 Å². The predicted molar refractivity (Wildman–Crippen MR) is 119 cm³/mol. The number of pyridine rings is 1. The fourth-order valence-corrected chi connectivity index (χ4v) is 4.96. The van der Waals surface area contributed by atoms with E-state index in [2.05, 4.69) is 20.6 Å². The van der Waals surface area contributed by atoms with Gasteiger partial charge >= 0.3 is 0 Å². The van der Waals surface area contributed by atoms with Crippen LogP contribution in [0.2, 0.25) is 0 Å². The molecular formula is C21H21N5O3S2. The number of carbonyl (C=O) groups is 3. The molecule has 3 aromatic rings. The van der Waals surface area contributed by atoms with E-state index in [1.807, 2.05) is 35.7 Å². The van der Waals surface area contributed by atoms with Gasteiger partial charge in [-0.05, 0) is 24.3 Å². The first kappa shape index (κ1) is 21.1. The van der Waals surface area contributed by atoms with Crippen molar-refractivity contribution in [2.75, 3.05) is 11.9 Å². The molecule has 0 bridgehead atoms. The molecule has 31 heavy (non-hydrogen) atoms. The van der Waals surface area contributed by atoms with Gasteiger partial charge in [0.2, 0.25) is 17.7 Å². The number of likely N-dealkylation sites (tertiary alicyclic amines) is 1. The first-order valence-corrected chi connectivity index (χ1v) is 11.4. The maximum Gasteiger partial charge on any atom is 0.231 e. The third-order valence-electron chi connectivity index (χ3n) is 4.82. The molecule has 0 saturated carbocycles. The van der Waals surface area contributed by atoms with Gasteiger partial charge in [-0.2, -0.15) is 0 Å². The first-order chi connectivity index (χ1) is 15.0. The molecule has 1 atom stereocenters. The van der Waals surface area contributed by atoms with Crippen molar-refractivity contribution >= 4 is 45.5 Å². The van der Waals surface area contributed by atoms with E-state index in [0.717, 1.165) is 21.1 Å². The molecular weight excluding hydrogens is 434 g/mol.